The Morgan fingerprint density at radius 3 is 2.28 bits per heavy atom. The van der Waals surface area contributed by atoms with E-state index < -0.39 is 0 Å². The minimum atomic E-state index is -0.0339. The van der Waals surface area contributed by atoms with Gasteiger partial charge >= 0.3 is 0 Å². The van der Waals surface area contributed by atoms with Crippen molar-refractivity contribution < 1.29 is 9.47 Å². The number of methoxy groups -OCH3 is 1. The van der Waals surface area contributed by atoms with E-state index in [1.54, 1.807) is 14.2 Å². The van der Waals surface area contributed by atoms with Gasteiger partial charge < -0.3 is 25.0 Å². The summed E-state index contributed by atoms with van der Waals surface area (Å²) < 4.78 is 11.3. The third-order valence-electron chi connectivity index (χ3n) is 4.34. The Kier molecular flexibility index (Phi) is 11.3. The number of rotatable bonds is 9. The fourth-order valence-corrected chi connectivity index (χ4v) is 2.72. The van der Waals surface area contributed by atoms with Crippen LogP contribution >= 0.6 is 24.0 Å². The van der Waals surface area contributed by atoms with Crippen LogP contribution in [0.5, 0.6) is 11.5 Å². The average molecular weight is 512 g/mol. The number of benzene rings is 2. The zero-order valence-corrected chi connectivity index (χ0v) is 20.3. The summed E-state index contributed by atoms with van der Waals surface area (Å²) in [5.74, 6) is 2.24. The molecule has 0 aromatic heterocycles. The average Bonchev–Trinajstić information content (AvgIpc) is 2.71. The molecule has 1 atom stereocenters. The van der Waals surface area contributed by atoms with Crippen LogP contribution in [0.4, 0.5) is 5.69 Å². The van der Waals surface area contributed by atoms with Crippen molar-refractivity contribution in [1.82, 2.24) is 10.6 Å². The van der Waals surface area contributed by atoms with Crippen LogP contribution in [0.25, 0.3) is 0 Å². The van der Waals surface area contributed by atoms with Gasteiger partial charge in [0.15, 0.2) is 17.5 Å². The highest BCUT2D eigenvalue weighted by Crippen LogP contribution is 2.26. The molecule has 0 spiro atoms. The van der Waals surface area contributed by atoms with Crippen LogP contribution in [0.2, 0.25) is 0 Å². The third kappa shape index (κ3) is 8.39. The number of aliphatic imine (C=N–C) groups is 1. The molecule has 0 fully saturated rings. The third-order valence-corrected chi connectivity index (χ3v) is 4.34. The van der Waals surface area contributed by atoms with Crippen molar-refractivity contribution in [3.8, 4) is 11.5 Å². The minimum absolute atomic E-state index is 0. The predicted octanol–water partition coefficient (Wildman–Crippen LogP) is 3.55. The zero-order chi connectivity index (χ0) is 20.4. The highest BCUT2D eigenvalue weighted by molar-refractivity contribution is 14.0. The molecule has 0 bridgehead atoms. The summed E-state index contributed by atoms with van der Waals surface area (Å²) in [4.78, 5) is 6.38. The van der Waals surface area contributed by atoms with Crippen molar-refractivity contribution in [2.75, 3.05) is 46.2 Å². The van der Waals surface area contributed by atoms with Crippen molar-refractivity contribution in [3.63, 3.8) is 0 Å². The van der Waals surface area contributed by atoms with Gasteiger partial charge in [-0.2, -0.15) is 0 Å². The lowest BCUT2D eigenvalue weighted by atomic mass is 10.1. The van der Waals surface area contributed by atoms with Gasteiger partial charge in [0.2, 0.25) is 0 Å². The minimum Gasteiger partial charge on any atom is -0.493 e. The quantitative estimate of drug-likeness (QED) is 0.306. The van der Waals surface area contributed by atoms with E-state index in [1.165, 1.54) is 11.3 Å². The van der Waals surface area contributed by atoms with Gasteiger partial charge in [0.1, 0.15) is 6.10 Å². The molecule has 1 unspecified atom stereocenters. The summed E-state index contributed by atoms with van der Waals surface area (Å²) in [5, 5.41) is 6.65. The summed E-state index contributed by atoms with van der Waals surface area (Å²) in [6.07, 6.45) is 0.898. The van der Waals surface area contributed by atoms with Gasteiger partial charge in [-0.05, 0) is 43.2 Å². The largest absolute Gasteiger partial charge is 0.493 e. The van der Waals surface area contributed by atoms with E-state index in [-0.39, 0.29) is 30.1 Å². The number of ether oxygens (including phenoxy) is 2. The Bertz CT molecular complexity index is 751. The van der Waals surface area contributed by atoms with Crippen LogP contribution < -0.4 is 25.0 Å². The topological polar surface area (TPSA) is 58.1 Å². The first-order valence-electron chi connectivity index (χ1n) is 9.54. The van der Waals surface area contributed by atoms with Crippen molar-refractivity contribution >= 4 is 35.6 Å². The molecule has 0 amide bonds. The number of halogens is 1. The maximum atomic E-state index is 5.96. The molecule has 7 heteroatoms. The highest BCUT2D eigenvalue weighted by Gasteiger charge is 2.09. The first-order valence-corrected chi connectivity index (χ1v) is 9.54. The molecule has 2 aromatic rings. The van der Waals surface area contributed by atoms with Crippen LogP contribution in [0.15, 0.2) is 53.5 Å². The van der Waals surface area contributed by atoms with E-state index >= 15 is 0 Å². The van der Waals surface area contributed by atoms with Gasteiger partial charge in [0.05, 0.1) is 13.7 Å². The highest BCUT2D eigenvalue weighted by atomic mass is 127. The monoisotopic (exact) mass is 512 g/mol. The molecule has 160 valence electrons. The molecule has 0 radical (unpaired) electrons. The fourth-order valence-electron chi connectivity index (χ4n) is 2.72. The Hall–Kier alpha value is -2.16. The first-order chi connectivity index (χ1) is 13.5. The van der Waals surface area contributed by atoms with E-state index in [1.807, 2.05) is 45.3 Å². The maximum Gasteiger partial charge on any atom is 0.191 e. The number of hydrogen-bond acceptors (Lipinski definition) is 4. The Morgan fingerprint density at radius 1 is 1.03 bits per heavy atom. The summed E-state index contributed by atoms with van der Waals surface area (Å²) in [5.41, 5.74) is 2.50. The molecule has 2 N–H and O–H groups in total. The summed E-state index contributed by atoms with van der Waals surface area (Å²) >= 11 is 0. The van der Waals surface area contributed by atoms with Crippen LogP contribution in [-0.2, 0) is 6.42 Å². The molecule has 0 aliphatic rings. The number of guanidine groups is 1. The van der Waals surface area contributed by atoms with Gasteiger partial charge in [-0.25, -0.2) is 0 Å². The van der Waals surface area contributed by atoms with E-state index in [2.05, 4.69) is 44.8 Å². The van der Waals surface area contributed by atoms with Gasteiger partial charge in [0, 0.05) is 33.4 Å². The van der Waals surface area contributed by atoms with Crippen LogP contribution in [0.3, 0.4) is 0 Å². The first kappa shape index (κ1) is 24.9. The second kappa shape index (κ2) is 13.1. The van der Waals surface area contributed by atoms with Crippen LogP contribution in [0.1, 0.15) is 12.5 Å². The van der Waals surface area contributed by atoms with Crippen molar-refractivity contribution in [1.29, 1.82) is 0 Å². The Labute approximate surface area is 191 Å². The number of nitrogens with zero attached hydrogens (tertiary/aromatic N) is 2. The summed E-state index contributed by atoms with van der Waals surface area (Å²) in [6, 6.07) is 16.3. The van der Waals surface area contributed by atoms with Crippen molar-refractivity contribution in [3.05, 3.63) is 54.1 Å². The smallest absolute Gasteiger partial charge is 0.191 e. The molecule has 2 rings (SSSR count). The van der Waals surface area contributed by atoms with E-state index in [9.17, 15) is 0 Å². The fraction of sp³-hybridized carbons (Fsp3) is 0.409. The van der Waals surface area contributed by atoms with Gasteiger partial charge in [-0.3, -0.25) is 4.99 Å². The second-order valence-corrected chi connectivity index (χ2v) is 6.77. The number of para-hydroxylation sites is 2. The summed E-state index contributed by atoms with van der Waals surface area (Å²) in [7, 11) is 7.51. The maximum absolute atomic E-state index is 5.96. The lowest BCUT2D eigenvalue weighted by Gasteiger charge is -2.19. The lowest BCUT2D eigenvalue weighted by Crippen LogP contribution is -2.42. The normalized spacial score (nSPS) is 11.8. The SMILES string of the molecule is CN=C(NCCc1ccc(N(C)C)cc1)NCC(C)Oc1ccccc1OC.I. The molecule has 0 aliphatic heterocycles. The summed E-state index contributed by atoms with van der Waals surface area (Å²) in [6.45, 7) is 3.46. The molecular formula is C22H33IN4O2. The van der Waals surface area contributed by atoms with Crippen LogP contribution in [-0.4, -0.2) is 53.4 Å². The number of nitrogens with one attached hydrogen (secondary N) is 2. The van der Waals surface area contributed by atoms with Crippen LogP contribution in [0, 0.1) is 0 Å². The van der Waals surface area contributed by atoms with Gasteiger partial charge in [-0.1, -0.05) is 24.3 Å². The predicted molar refractivity (Wildman–Crippen MR) is 132 cm³/mol. The molecule has 0 heterocycles. The van der Waals surface area contributed by atoms with E-state index in [0.29, 0.717) is 6.54 Å². The van der Waals surface area contributed by atoms with Gasteiger partial charge in [0.25, 0.3) is 0 Å². The Morgan fingerprint density at radius 2 is 1.69 bits per heavy atom. The lowest BCUT2D eigenvalue weighted by molar-refractivity contribution is 0.213. The molecule has 0 saturated heterocycles. The number of anilines is 1. The zero-order valence-electron chi connectivity index (χ0n) is 17.9. The number of hydrogen-bond donors (Lipinski definition) is 2. The molecule has 0 aliphatic carbocycles. The van der Waals surface area contributed by atoms with Gasteiger partial charge in [-0.15, -0.1) is 24.0 Å². The molecule has 29 heavy (non-hydrogen) atoms. The molecular weight excluding hydrogens is 479 g/mol. The standard InChI is InChI=1S/C22H32N4O2.HI/c1-17(28-21-9-7-6-8-20(21)27-5)16-25-22(23-2)24-15-14-18-10-12-19(13-11-18)26(3)4;/h6-13,17H,14-16H2,1-5H3,(H2,23,24,25);1H. The van der Waals surface area contributed by atoms with E-state index in [4.69, 9.17) is 9.47 Å². The van der Waals surface area contributed by atoms with E-state index in [0.717, 1.165) is 30.4 Å². The molecule has 2 aromatic carbocycles. The molecule has 0 saturated carbocycles. The molecule has 6 nitrogen and oxygen atoms in total. The van der Waals surface area contributed by atoms with Crippen molar-refractivity contribution in [2.45, 2.75) is 19.4 Å². The van der Waals surface area contributed by atoms with Crippen molar-refractivity contribution in [2.24, 2.45) is 4.99 Å². The second-order valence-electron chi connectivity index (χ2n) is 6.77. The Balaban J connectivity index is 0.00000420.